The van der Waals surface area contributed by atoms with E-state index in [1.54, 1.807) is 12.1 Å². The van der Waals surface area contributed by atoms with Crippen LogP contribution in [-0.4, -0.2) is 65.2 Å². The average Bonchev–Trinajstić information content (AvgIpc) is 2.79. The van der Waals surface area contributed by atoms with Crippen molar-refractivity contribution in [2.45, 2.75) is 30.8 Å². The summed E-state index contributed by atoms with van der Waals surface area (Å²) in [6, 6.07) is 13.3. The van der Waals surface area contributed by atoms with Crippen LogP contribution < -0.4 is 14.8 Å². The first-order valence-corrected chi connectivity index (χ1v) is 12.1. The first-order valence-electron chi connectivity index (χ1n) is 10.6. The predicted molar refractivity (Wildman–Crippen MR) is 122 cm³/mol. The summed E-state index contributed by atoms with van der Waals surface area (Å²) < 4.78 is 38.3. The smallest absolute Gasteiger partial charge is 0.241 e. The minimum absolute atomic E-state index is 0.0202. The van der Waals surface area contributed by atoms with Gasteiger partial charge in [0.1, 0.15) is 5.75 Å². The molecule has 1 aliphatic rings. The molecular weight excluding hydrogens is 430 g/mol. The van der Waals surface area contributed by atoms with Gasteiger partial charge in [-0.2, -0.15) is 4.72 Å². The summed E-state index contributed by atoms with van der Waals surface area (Å²) in [6.07, 6.45) is 0. The maximum atomic E-state index is 12.7. The normalized spacial score (nSPS) is 16.8. The standard InChI is InChI=1S/C23H31N3O5S/c1-17-5-4-6-19(15-17)22(26-11-13-31-14-12-26)16-24-23(27)18(2)25-32(28,29)21-9-7-20(30-3)8-10-21/h4-10,15,18,22,25H,11-14,16H2,1-3H3,(H,24,27)/t18-,22?/m0/s1. The predicted octanol–water partition coefficient (Wildman–Crippen LogP) is 1.86. The van der Waals surface area contributed by atoms with Crippen LogP contribution in [0.2, 0.25) is 0 Å². The van der Waals surface area contributed by atoms with Gasteiger partial charge in [0.15, 0.2) is 0 Å². The molecule has 1 amide bonds. The van der Waals surface area contributed by atoms with Gasteiger partial charge >= 0.3 is 0 Å². The van der Waals surface area contributed by atoms with Gasteiger partial charge in [0.2, 0.25) is 15.9 Å². The number of rotatable bonds is 9. The van der Waals surface area contributed by atoms with E-state index in [1.807, 2.05) is 19.1 Å². The first kappa shape index (κ1) is 24.2. The Morgan fingerprint density at radius 2 is 1.84 bits per heavy atom. The van der Waals surface area contributed by atoms with Crippen molar-refractivity contribution in [3.05, 3.63) is 59.7 Å². The summed E-state index contributed by atoms with van der Waals surface area (Å²) in [5.74, 6) is 0.174. The number of morpholine rings is 1. The maximum Gasteiger partial charge on any atom is 0.241 e. The van der Waals surface area contributed by atoms with E-state index in [-0.39, 0.29) is 16.8 Å². The van der Waals surface area contributed by atoms with E-state index < -0.39 is 16.1 Å². The molecule has 0 bridgehead atoms. The fraction of sp³-hybridized carbons (Fsp3) is 0.435. The Labute approximate surface area is 190 Å². The number of nitrogens with zero attached hydrogens (tertiary/aromatic N) is 1. The van der Waals surface area contributed by atoms with E-state index in [4.69, 9.17) is 9.47 Å². The van der Waals surface area contributed by atoms with E-state index >= 15 is 0 Å². The lowest BCUT2D eigenvalue weighted by Crippen LogP contribution is -2.48. The van der Waals surface area contributed by atoms with Crippen molar-refractivity contribution in [1.29, 1.82) is 0 Å². The zero-order chi connectivity index (χ0) is 23.1. The number of carbonyl (C=O) groups excluding carboxylic acids is 1. The molecule has 0 aromatic heterocycles. The van der Waals surface area contributed by atoms with E-state index in [9.17, 15) is 13.2 Å². The highest BCUT2D eigenvalue weighted by atomic mass is 32.2. The molecule has 1 aliphatic heterocycles. The number of amides is 1. The van der Waals surface area contributed by atoms with E-state index in [0.717, 1.165) is 24.2 Å². The number of ether oxygens (including phenoxy) is 2. The summed E-state index contributed by atoms with van der Waals surface area (Å²) >= 11 is 0. The molecule has 9 heteroatoms. The molecule has 8 nitrogen and oxygen atoms in total. The highest BCUT2D eigenvalue weighted by molar-refractivity contribution is 7.89. The molecule has 0 spiro atoms. The summed E-state index contributed by atoms with van der Waals surface area (Å²) in [5.41, 5.74) is 2.26. The number of sulfonamides is 1. The van der Waals surface area contributed by atoms with Gasteiger partial charge in [-0.1, -0.05) is 29.8 Å². The van der Waals surface area contributed by atoms with Crippen LogP contribution in [0.1, 0.15) is 24.1 Å². The Kier molecular flexibility index (Phi) is 8.25. The van der Waals surface area contributed by atoms with Crippen LogP contribution in [-0.2, 0) is 19.6 Å². The fourth-order valence-electron chi connectivity index (χ4n) is 3.68. The zero-order valence-corrected chi connectivity index (χ0v) is 19.5. The van der Waals surface area contributed by atoms with Crippen molar-refractivity contribution in [2.75, 3.05) is 40.0 Å². The molecule has 1 fully saturated rings. The van der Waals surface area contributed by atoms with Gasteiger partial charge in [0.25, 0.3) is 0 Å². The number of carbonyl (C=O) groups is 1. The number of aryl methyl sites for hydroxylation is 1. The molecule has 32 heavy (non-hydrogen) atoms. The quantitative estimate of drug-likeness (QED) is 0.592. The monoisotopic (exact) mass is 461 g/mol. The van der Waals surface area contributed by atoms with Crippen molar-refractivity contribution in [3.63, 3.8) is 0 Å². The second-order valence-corrected chi connectivity index (χ2v) is 9.56. The topological polar surface area (TPSA) is 97.0 Å². The zero-order valence-electron chi connectivity index (χ0n) is 18.7. The van der Waals surface area contributed by atoms with Crippen molar-refractivity contribution < 1.29 is 22.7 Å². The molecule has 0 aliphatic carbocycles. The minimum atomic E-state index is -3.84. The van der Waals surface area contributed by atoms with Gasteiger partial charge in [-0.25, -0.2) is 8.42 Å². The molecule has 2 aromatic carbocycles. The van der Waals surface area contributed by atoms with Gasteiger partial charge in [0, 0.05) is 19.6 Å². The summed E-state index contributed by atoms with van der Waals surface area (Å²) in [7, 11) is -2.33. The molecule has 0 saturated carbocycles. The minimum Gasteiger partial charge on any atom is -0.497 e. The molecule has 2 atom stereocenters. The summed E-state index contributed by atoms with van der Waals surface area (Å²) in [5, 5.41) is 2.92. The summed E-state index contributed by atoms with van der Waals surface area (Å²) in [4.78, 5) is 15.1. The van der Waals surface area contributed by atoms with E-state index in [0.29, 0.717) is 25.5 Å². The van der Waals surface area contributed by atoms with Crippen molar-refractivity contribution in [2.24, 2.45) is 0 Å². The van der Waals surface area contributed by atoms with Crippen molar-refractivity contribution in [3.8, 4) is 5.75 Å². The molecule has 3 rings (SSSR count). The molecule has 1 saturated heterocycles. The molecule has 2 N–H and O–H groups in total. The van der Waals surface area contributed by atoms with Crippen LogP contribution in [0.25, 0.3) is 0 Å². The summed E-state index contributed by atoms with van der Waals surface area (Å²) in [6.45, 7) is 6.78. The lowest BCUT2D eigenvalue weighted by molar-refractivity contribution is -0.122. The van der Waals surface area contributed by atoms with E-state index in [2.05, 4.69) is 27.1 Å². The third-order valence-electron chi connectivity index (χ3n) is 5.48. The van der Waals surface area contributed by atoms with Gasteiger partial charge in [-0.3, -0.25) is 9.69 Å². The molecule has 0 radical (unpaired) electrons. The van der Waals surface area contributed by atoms with Crippen LogP contribution >= 0.6 is 0 Å². The van der Waals surface area contributed by atoms with Crippen LogP contribution in [0.15, 0.2) is 53.4 Å². The lowest BCUT2D eigenvalue weighted by atomic mass is 10.0. The van der Waals surface area contributed by atoms with E-state index in [1.165, 1.54) is 26.2 Å². The fourth-order valence-corrected chi connectivity index (χ4v) is 4.89. The molecular formula is C23H31N3O5S. The number of nitrogens with one attached hydrogen (secondary N) is 2. The molecule has 1 heterocycles. The van der Waals surface area contributed by atoms with Crippen LogP contribution in [0.3, 0.4) is 0 Å². The second kappa shape index (κ2) is 10.9. The van der Waals surface area contributed by atoms with Gasteiger partial charge in [-0.05, 0) is 43.7 Å². The molecule has 174 valence electrons. The largest absolute Gasteiger partial charge is 0.497 e. The Bertz CT molecular complexity index is 1000. The first-order chi connectivity index (χ1) is 15.3. The van der Waals surface area contributed by atoms with Gasteiger partial charge < -0.3 is 14.8 Å². The third kappa shape index (κ3) is 6.29. The number of methoxy groups -OCH3 is 1. The Morgan fingerprint density at radius 1 is 1.16 bits per heavy atom. The van der Waals surface area contributed by atoms with Crippen molar-refractivity contribution in [1.82, 2.24) is 14.9 Å². The Balaban J connectivity index is 1.65. The number of benzene rings is 2. The number of hydrogen-bond donors (Lipinski definition) is 2. The van der Waals surface area contributed by atoms with Crippen LogP contribution in [0.4, 0.5) is 0 Å². The average molecular weight is 462 g/mol. The highest BCUT2D eigenvalue weighted by Gasteiger charge is 2.26. The number of hydrogen-bond acceptors (Lipinski definition) is 6. The lowest BCUT2D eigenvalue weighted by Gasteiger charge is -2.35. The van der Waals surface area contributed by atoms with Gasteiger partial charge in [-0.15, -0.1) is 0 Å². The highest BCUT2D eigenvalue weighted by Crippen LogP contribution is 2.22. The Hall–Kier alpha value is -2.46. The molecule has 2 aromatic rings. The molecule has 1 unspecified atom stereocenters. The van der Waals surface area contributed by atoms with Crippen LogP contribution in [0, 0.1) is 6.92 Å². The van der Waals surface area contributed by atoms with Crippen LogP contribution in [0.5, 0.6) is 5.75 Å². The van der Waals surface area contributed by atoms with Gasteiger partial charge in [0.05, 0.1) is 37.3 Å². The second-order valence-electron chi connectivity index (χ2n) is 7.84. The Morgan fingerprint density at radius 3 is 2.47 bits per heavy atom. The maximum absolute atomic E-state index is 12.7. The SMILES string of the molecule is COc1ccc(S(=O)(=O)N[C@@H](C)C(=O)NCC(c2cccc(C)c2)N2CCOCC2)cc1. The third-order valence-corrected chi connectivity index (χ3v) is 7.03. The van der Waals surface area contributed by atoms with Crippen molar-refractivity contribution >= 4 is 15.9 Å².